The van der Waals surface area contributed by atoms with Crippen LogP contribution in [0.5, 0.6) is 0 Å². The van der Waals surface area contributed by atoms with Crippen LogP contribution in [0.15, 0.2) is 24.3 Å². The van der Waals surface area contributed by atoms with Crippen molar-refractivity contribution < 1.29 is 5.11 Å². The fourth-order valence-electron chi connectivity index (χ4n) is 2.79. The van der Waals surface area contributed by atoms with Crippen molar-refractivity contribution in [2.45, 2.75) is 25.5 Å². The maximum absolute atomic E-state index is 9.71. The number of rotatable bonds is 2. The molecule has 4 heteroatoms. The molecule has 1 aliphatic rings. The SMILES string of the molecule is Cn1nc(CN2CCCC(O)C2)c2ccccc21. The van der Waals surface area contributed by atoms with E-state index >= 15 is 0 Å². The molecular formula is C14H19N3O. The molecule has 0 bridgehead atoms. The molecule has 1 aromatic carbocycles. The van der Waals surface area contributed by atoms with Crippen LogP contribution >= 0.6 is 0 Å². The molecule has 3 rings (SSSR count). The number of aliphatic hydroxyl groups is 1. The van der Waals surface area contributed by atoms with E-state index in [1.165, 1.54) is 10.9 Å². The Balaban J connectivity index is 1.86. The number of aliphatic hydroxyl groups excluding tert-OH is 1. The van der Waals surface area contributed by atoms with E-state index in [1.807, 2.05) is 17.8 Å². The van der Waals surface area contributed by atoms with Crippen LogP contribution in [0.2, 0.25) is 0 Å². The first-order chi connectivity index (χ1) is 8.74. The fraction of sp³-hybridized carbons (Fsp3) is 0.500. The summed E-state index contributed by atoms with van der Waals surface area (Å²) in [5.74, 6) is 0. The third-order valence-electron chi connectivity index (χ3n) is 3.69. The van der Waals surface area contributed by atoms with E-state index in [4.69, 9.17) is 0 Å². The van der Waals surface area contributed by atoms with E-state index in [1.54, 1.807) is 0 Å². The number of hydrogen-bond acceptors (Lipinski definition) is 3. The number of para-hydroxylation sites is 1. The van der Waals surface area contributed by atoms with Gasteiger partial charge in [-0.25, -0.2) is 0 Å². The Kier molecular flexibility index (Phi) is 3.06. The molecule has 1 fully saturated rings. The van der Waals surface area contributed by atoms with E-state index in [0.717, 1.165) is 38.2 Å². The molecule has 1 N–H and O–H groups in total. The minimum atomic E-state index is -0.172. The predicted molar refractivity (Wildman–Crippen MR) is 71.2 cm³/mol. The molecule has 96 valence electrons. The molecular weight excluding hydrogens is 226 g/mol. The molecule has 1 aromatic heterocycles. The molecule has 0 spiro atoms. The second kappa shape index (κ2) is 4.71. The van der Waals surface area contributed by atoms with Gasteiger partial charge in [-0.1, -0.05) is 18.2 Å². The van der Waals surface area contributed by atoms with Crippen LogP contribution in [0.4, 0.5) is 0 Å². The minimum Gasteiger partial charge on any atom is -0.392 e. The second-order valence-electron chi connectivity index (χ2n) is 5.12. The highest BCUT2D eigenvalue weighted by atomic mass is 16.3. The normalized spacial score (nSPS) is 21.6. The van der Waals surface area contributed by atoms with E-state index in [2.05, 4.69) is 28.2 Å². The standard InChI is InChI=1S/C14H19N3O/c1-16-14-7-3-2-6-12(14)13(15-16)10-17-8-4-5-11(18)9-17/h2-3,6-7,11,18H,4-5,8-10H2,1H3. The van der Waals surface area contributed by atoms with Gasteiger partial charge in [0, 0.05) is 25.5 Å². The van der Waals surface area contributed by atoms with Crippen LogP contribution in [0, 0.1) is 0 Å². The van der Waals surface area contributed by atoms with Crippen LogP contribution in [0.1, 0.15) is 18.5 Å². The van der Waals surface area contributed by atoms with Crippen LogP contribution < -0.4 is 0 Å². The number of likely N-dealkylation sites (tertiary alicyclic amines) is 1. The molecule has 1 unspecified atom stereocenters. The summed E-state index contributed by atoms with van der Waals surface area (Å²) in [5, 5.41) is 15.5. The predicted octanol–water partition coefficient (Wildman–Crippen LogP) is 1.53. The zero-order valence-corrected chi connectivity index (χ0v) is 10.7. The maximum Gasteiger partial charge on any atom is 0.0843 e. The van der Waals surface area contributed by atoms with Crippen LogP contribution in [-0.4, -0.2) is 39.0 Å². The molecule has 2 heterocycles. The lowest BCUT2D eigenvalue weighted by molar-refractivity contribution is 0.0663. The Bertz CT molecular complexity index is 549. The van der Waals surface area contributed by atoms with Gasteiger partial charge in [0.2, 0.25) is 0 Å². The van der Waals surface area contributed by atoms with Gasteiger partial charge in [0.25, 0.3) is 0 Å². The zero-order valence-electron chi connectivity index (χ0n) is 10.7. The van der Waals surface area contributed by atoms with E-state index in [0.29, 0.717) is 0 Å². The van der Waals surface area contributed by atoms with Crippen molar-refractivity contribution in [3.05, 3.63) is 30.0 Å². The number of aryl methyl sites for hydroxylation is 1. The quantitative estimate of drug-likeness (QED) is 0.872. The average molecular weight is 245 g/mol. The van der Waals surface area contributed by atoms with E-state index in [-0.39, 0.29) is 6.10 Å². The molecule has 0 radical (unpaired) electrons. The van der Waals surface area contributed by atoms with Crippen molar-refractivity contribution in [3.63, 3.8) is 0 Å². The van der Waals surface area contributed by atoms with Crippen molar-refractivity contribution in [2.75, 3.05) is 13.1 Å². The number of fused-ring (bicyclic) bond motifs is 1. The summed E-state index contributed by atoms with van der Waals surface area (Å²) in [7, 11) is 1.98. The highest BCUT2D eigenvalue weighted by Crippen LogP contribution is 2.20. The summed E-state index contributed by atoms with van der Waals surface area (Å²) in [6.45, 7) is 2.66. The topological polar surface area (TPSA) is 41.3 Å². The number of piperidine rings is 1. The first-order valence-electron chi connectivity index (χ1n) is 6.55. The molecule has 0 amide bonds. The third kappa shape index (κ3) is 2.13. The minimum absolute atomic E-state index is 0.172. The number of nitrogens with zero attached hydrogens (tertiary/aromatic N) is 3. The molecule has 1 aliphatic heterocycles. The summed E-state index contributed by atoms with van der Waals surface area (Å²) in [6, 6.07) is 8.31. The number of hydrogen-bond donors (Lipinski definition) is 1. The molecule has 0 aliphatic carbocycles. The molecule has 2 aromatic rings. The van der Waals surface area contributed by atoms with Gasteiger partial charge in [0.05, 0.1) is 17.3 Å². The summed E-state index contributed by atoms with van der Waals surface area (Å²) in [5.41, 5.74) is 2.28. The van der Waals surface area contributed by atoms with Gasteiger partial charge < -0.3 is 5.11 Å². The lowest BCUT2D eigenvalue weighted by atomic mass is 10.1. The smallest absolute Gasteiger partial charge is 0.0843 e. The zero-order chi connectivity index (χ0) is 12.5. The highest BCUT2D eigenvalue weighted by molar-refractivity contribution is 5.81. The average Bonchev–Trinajstić information content (AvgIpc) is 2.67. The van der Waals surface area contributed by atoms with Crippen molar-refractivity contribution in [2.24, 2.45) is 7.05 Å². The Labute approximate surface area is 107 Å². The maximum atomic E-state index is 9.71. The molecule has 1 saturated heterocycles. The molecule has 18 heavy (non-hydrogen) atoms. The third-order valence-corrected chi connectivity index (χ3v) is 3.69. The number of β-amino-alcohol motifs (C(OH)–C–C–N with tert-alkyl or cyclic N) is 1. The Hall–Kier alpha value is -1.39. The lowest BCUT2D eigenvalue weighted by Crippen LogP contribution is -2.37. The van der Waals surface area contributed by atoms with Gasteiger partial charge in [-0.3, -0.25) is 9.58 Å². The highest BCUT2D eigenvalue weighted by Gasteiger charge is 2.19. The van der Waals surface area contributed by atoms with Crippen molar-refractivity contribution in [3.8, 4) is 0 Å². The first kappa shape index (κ1) is 11.7. The monoisotopic (exact) mass is 245 g/mol. The number of aromatic nitrogens is 2. The summed E-state index contributed by atoms with van der Waals surface area (Å²) >= 11 is 0. The van der Waals surface area contributed by atoms with Gasteiger partial charge in [0.1, 0.15) is 0 Å². The second-order valence-corrected chi connectivity index (χ2v) is 5.12. The number of benzene rings is 1. The Morgan fingerprint density at radius 3 is 3.06 bits per heavy atom. The molecule has 4 nitrogen and oxygen atoms in total. The molecule has 1 atom stereocenters. The largest absolute Gasteiger partial charge is 0.392 e. The van der Waals surface area contributed by atoms with Gasteiger partial charge in [-0.05, 0) is 25.5 Å². The molecule has 0 saturated carbocycles. The Morgan fingerprint density at radius 2 is 2.22 bits per heavy atom. The van der Waals surface area contributed by atoms with Gasteiger partial charge in [0.15, 0.2) is 0 Å². The summed E-state index contributed by atoms with van der Waals surface area (Å²) < 4.78 is 1.94. The Morgan fingerprint density at radius 1 is 1.39 bits per heavy atom. The van der Waals surface area contributed by atoms with Gasteiger partial charge in [-0.15, -0.1) is 0 Å². The van der Waals surface area contributed by atoms with Crippen LogP contribution in [-0.2, 0) is 13.6 Å². The van der Waals surface area contributed by atoms with Crippen molar-refractivity contribution in [1.82, 2.24) is 14.7 Å². The summed E-state index contributed by atoms with van der Waals surface area (Å²) in [6.07, 6.45) is 1.83. The van der Waals surface area contributed by atoms with E-state index in [9.17, 15) is 5.11 Å². The van der Waals surface area contributed by atoms with Crippen molar-refractivity contribution >= 4 is 10.9 Å². The van der Waals surface area contributed by atoms with Gasteiger partial charge >= 0.3 is 0 Å². The van der Waals surface area contributed by atoms with Gasteiger partial charge in [-0.2, -0.15) is 5.10 Å². The lowest BCUT2D eigenvalue weighted by Gasteiger charge is -2.29. The van der Waals surface area contributed by atoms with Crippen LogP contribution in [0.3, 0.4) is 0 Å². The fourth-order valence-corrected chi connectivity index (χ4v) is 2.79. The summed E-state index contributed by atoms with van der Waals surface area (Å²) in [4.78, 5) is 2.29. The first-order valence-corrected chi connectivity index (χ1v) is 6.55. The van der Waals surface area contributed by atoms with Crippen LogP contribution in [0.25, 0.3) is 10.9 Å². The van der Waals surface area contributed by atoms with Crippen molar-refractivity contribution in [1.29, 1.82) is 0 Å². The van der Waals surface area contributed by atoms with E-state index < -0.39 is 0 Å².